The Labute approximate surface area is 104 Å². The van der Waals surface area contributed by atoms with Crippen LogP contribution in [0.3, 0.4) is 0 Å². The number of pyridine rings is 2. The van der Waals surface area contributed by atoms with Crippen molar-refractivity contribution in [1.29, 1.82) is 0 Å². The molecule has 2 aromatic rings. The van der Waals surface area contributed by atoms with E-state index >= 15 is 0 Å². The van der Waals surface area contributed by atoms with Crippen LogP contribution in [0.2, 0.25) is 5.15 Å². The van der Waals surface area contributed by atoms with Crippen molar-refractivity contribution in [3.05, 3.63) is 48.0 Å². The molecule has 0 atom stereocenters. The van der Waals surface area contributed by atoms with Gasteiger partial charge in [0.1, 0.15) is 10.0 Å². The van der Waals surface area contributed by atoms with E-state index in [0.29, 0.717) is 5.69 Å². The second-order valence-corrected chi connectivity index (χ2v) is 5.23. The number of halogens is 1. The molecule has 0 bridgehead atoms. The summed E-state index contributed by atoms with van der Waals surface area (Å²) in [5, 5.41) is 0.241. The normalized spacial score (nSPS) is 11.1. The molecule has 2 rings (SSSR count). The van der Waals surface area contributed by atoms with Gasteiger partial charge in [-0.05, 0) is 24.3 Å². The fourth-order valence-electron chi connectivity index (χ4n) is 1.16. The van der Waals surface area contributed by atoms with Crippen molar-refractivity contribution < 1.29 is 8.42 Å². The first-order chi connectivity index (χ1) is 8.08. The fraction of sp³-hybridized carbons (Fsp3) is 0. The van der Waals surface area contributed by atoms with Crippen molar-refractivity contribution in [2.45, 2.75) is 4.90 Å². The molecule has 5 nitrogen and oxygen atoms in total. The summed E-state index contributed by atoms with van der Waals surface area (Å²) in [5.41, 5.74) is 0.391. The highest BCUT2D eigenvalue weighted by atomic mass is 35.5. The van der Waals surface area contributed by atoms with Gasteiger partial charge in [-0.3, -0.25) is 9.71 Å². The largest absolute Gasteiger partial charge is 0.278 e. The molecule has 0 aromatic carbocycles. The van der Waals surface area contributed by atoms with Crippen LogP contribution in [0.4, 0.5) is 5.69 Å². The van der Waals surface area contributed by atoms with Crippen molar-refractivity contribution in [2.75, 3.05) is 4.72 Å². The molecule has 0 saturated heterocycles. The standard InChI is InChI=1S/C10H8ClN3O2S/c11-10-4-3-9(7-13-10)17(15,16)14-8-2-1-5-12-6-8/h1-7,14H. The Bertz CT molecular complexity index is 599. The minimum Gasteiger partial charge on any atom is -0.278 e. The van der Waals surface area contributed by atoms with Crippen LogP contribution in [0.15, 0.2) is 47.8 Å². The van der Waals surface area contributed by atoms with Gasteiger partial charge >= 0.3 is 0 Å². The average Bonchev–Trinajstić information content (AvgIpc) is 2.30. The zero-order valence-corrected chi connectivity index (χ0v) is 10.1. The molecule has 0 aliphatic heterocycles. The highest BCUT2D eigenvalue weighted by molar-refractivity contribution is 7.92. The van der Waals surface area contributed by atoms with Crippen molar-refractivity contribution in [3.63, 3.8) is 0 Å². The Morgan fingerprint density at radius 1 is 1.18 bits per heavy atom. The van der Waals surface area contributed by atoms with Crippen LogP contribution in [-0.2, 0) is 10.0 Å². The molecule has 0 spiro atoms. The number of hydrogen-bond acceptors (Lipinski definition) is 4. The maximum Gasteiger partial charge on any atom is 0.263 e. The van der Waals surface area contributed by atoms with Crippen molar-refractivity contribution in [3.8, 4) is 0 Å². The number of aromatic nitrogens is 2. The molecule has 17 heavy (non-hydrogen) atoms. The number of nitrogens with one attached hydrogen (secondary N) is 1. The van der Waals surface area contributed by atoms with Crippen LogP contribution in [0, 0.1) is 0 Å². The predicted molar refractivity (Wildman–Crippen MR) is 64.3 cm³/mol. The molecule has 0 radical (unpaired) electrons. The molecule has 0 unspecified atom stereocenters. The van der Waals surface area contributed by atoms with E-state index in [1.165, 1.54) is 24.5 Å². The molecule has 2 aromatic heterocycles. The summed E-state index contributed by atoms with van der Waals surface area (Å²) in [7, 11) is -3.64. The molecule has 0 aliphatic rings. The minimum atomic E-state index is -3.64. The van der Waals surface area contributed by atoms with E-state index in [1.807, 2.05) is 0 Å². The van der Waals surface area contributed by atoms with Gasteiger partial charge < -0.3 is 0 Å². The molecule has 2 heterocycles. The Kier molecular flexibility index (Phi) is 3.26. The molecule has 0 aliphatic carbocycles. The summed E-state index contributed by atoms with van der Waals surface area (Å²) in [6.45, 7) is 0. The van der Waals surface area contributed by atoms with Gasteiger partial charge in [0.15, 0.2) is 0 Å². The van der Waals surface area contributed by atoms with Gasteiger partial charge in [-0.15, -0.1) is 0 Å². The SMILES string of the molecule is O=S(=O)(Nc1cccnc1)c1ccc(Cl)nc1. The highest BCUT2D eigenvalue weighted by Gasteiger charge is 2.14. The van der Waals surface area contributed by atoms with Crippen molar-refractivity contribution in [2.24, 2.45) is 0 Å². The molecule has 0 fully saturated rings. The van der Waals surface area contributed by atoms with E-state index in [9.17, 15) is 8.42 Å². The minimum absolute atomic E-state index is 0.0470. The first kappa shape index (κ1) is 11.8. The molecule has 0 saturated carbocycles. The highest BCUT2D eigenvalue weighted by Crippen LogP contribution is 2.15. The van der Waals surface area contributed by atoms with Crippen LogP contribution < -0.4 is 4.72 Å². The Morgan fingerprint density at radius 3 is 2.59 bits per heavy atom. The van der Waals surface area contributed by atoms with Gasteiger partial charge in [0.2, 0.25) is 0 Å². The Hall–Kier alpha value is -1.66. The monoisotopic (exact) mass is 269 g/mol. The number of rotatable bonds is 3. The topological polar surface area (TPSA) is 72.0 Å². The molecule has 7 heteroatoms. The lowest BCUT2D eigenvalue weighted by Crippen LogP contribution is -2.13. The van der Waals surface area contributed by atoms with Crippen LogP contribution >= 0.6 is 11.6 Å². The van der Waals surface area contributed by atoms with Crippen LogP contribution in [0.5, 0.6) is 0 Å². The van der Waals surface area contributed by atoms with E-state index in [-0.39, 0.29) is 10.0 Å². The third-order valence-corrected chi connectivity index (χ3v) is 3.51. The summed E-state index contributed by atoms with van der Waals surface area (Å²) in [6.07, 6.45) is 4.17. The number of nitrogens with zero attached hydrogens (tertiary/aromatic N) is 2. The quantitative estimate of drug-likeness (QED) is 0.864. The second kappa shape index (κ2) is 4.68. The van der Waals surface area contributed by atoms with Gasteiger partial charge in [-0.1, -0.05) is 11.6 Å². The van der Waals surface area contributed by atoms with Crippen molar-refractivity contribution in [1.82, 2.24) is 9.97 Å². The molecule has 88 valence electrons. The van der Waals surface area contributed by atoms with Crippen LogP contribution in [-0.4, -0.2) is 18.4 Å². The van der Waals surface area contributed by atoms with E-state index in [0.717, 1.165) is 0 Å². The lowest BCUT2D eigenvalue weighted by atomic mass is 10.4. The maximum atomic E-state index is 11.9. The zero-order valence-electron chi connectivity index (χ0n) is 8.54. The fourth-order valence-corrected chi connectivity index (χ4v) is 2.26. The van der Waals surface area contributed by atoms with Crippen LogP contribution in [0.1, 0.15) is 0 Å². The van der Waals surface area contributed by atoms with Gasteiger partial charge in [0.05, 0.1) is 11.9 Å². The third kappa shape index (κ3) is 2.92. The third-order valence-electron chi connectivity index (χ3n) is 1.92. The van der Waals surface area contributed by atoms with Gasteiger partial charge in [-0.2, -0.15) is 0 Å². The van der Waals surface area contributed by atoms with E-state index in [4.69, 9.17) is 11.6 Å². The number of hydrogen-bond donors (Lipinski definition) is 1. The lowest BCUT2D eigenvalue weighted by Gasteiger charge is -2.06. The smallest absolute Gasteiger partial charge is 0.263 e. The molecular weight excluding hydrogens is 262 g/mol. The summed E-state index contributed by atoms with van der Waals surface area (Å²) < 4.78 is 26.2. The summed E-state index contributed by atoms with van der Waals surface area (Å²) >= 11 is 5.59. The average molecular weight is 270 g/mol. The molecule has 1 N–H and O–H groups in total. The first-order valence-electron chi connectivity index (χ1n) is 4.62. The van der Waals surface area contributed by atoms with E-state index in [2.05, 4.69) is 14.7 Å². The number of sulfonamides is 1. The zero-order chi connectivity index (χ0) is 12.3. The molecule has 0 amide bonds. The van der Waals surface area contributed by atoms with E-state index in [1.54, 1.807) is 18.3 Å². The van der Waals surface area contributed by atoms with Gasteiger partial charge in [0.25, 0.3) is 10.0 Å². The Balaban J connectivity index is 2.29. The van der Waals surface area contributed by atoms with Crippen LogP contribution in [0.25, 0.3) is 0 Å². The second-order valence-electron chi connectivity index (χ2n) is 3.16. The summed E-state index contributed by atoms with van der Waals surface area (Å²) in [4.78, 5) is 7.58. The van der Waals surface area contributed by atoms with E-state index < -0.39 is 10.0 Å². The molecular formula is C10H8ClN3O2S. The number of anilines is 1. The van der Waals surface area contributed by atoms with Crippen molar-refractivity contribution >= 4 is 27.3 Å². The maximum absolute atomic E-state index is 11.9. The summed E-state index contributed by atoms with van der Waals surface area (Å²) in [6, 6.07) is 6.04. The van der Waals surface area contributed by atoms with Gasteiger partial charge in [0, 0.05) is 12.4 Å². The predicted octanol–water partition coefficient (Wildman–Crippen LogP) is 1.93. The summed E-state index contributed by atoms with van der Waals surface area (Å²) in [5.74, 6) is 0. The Morgan fingerprint density at radius 2 is 2.00 bits per heavy atom. The first-order valence-corrected chi connectivity index (χ1v) is 6.48. The van der Waals surface area contributed by atoms with Gasteiger partial charge in [-0.25, -0.2) is 13.4 Å². The lowest BCUT2D eigenvalue weighted by molar-refractivity contribution is 0.601.